The molecule has 2 aliphatic heterocycles. The Hall–Kier alpha value is -2.79. The Kier molecular flexibility index (Phi) is 12.3. The number of thiocarbonyl (C=S) groups is 3. The minimum Gasteiger partial charge on any atom is -0.376 e. The molecule has 18 rings (SSSR count). The topological polar surface area (TPSA) is 91.4 Å². The molecule has 3 aromatic carbocycles. The van der Waals surface area contributed by atoms with Crippen LogP contribution in [0.25, 0.3) is 0 Å². The Morgan fingerprint density at radius 1 is 0.481 bits per heavy atom. The lowest BCUT2D eigenvalue weighted by Gasteiger charge is -2.71. The summed E-state index contributed by atoms with van der Waals surface area (Å²) in [7, 11) is 0. The van der Waals surface area contributed by atoms with Crippen molar-refractivity contribution in [1.82, 2.24) is 20.9 Å². The molecule has 3 aromatic rings. The summed E-state index contributed by atoms with van der Waals surface area (Å²) < 4.78 is 0. The van der Waals surface area contributed by atoms with Gasteiger partial charge in [0.05, 0.1) is 15.0 Å². The van der Waals surface area contributed by atoms with Crippen molar-refractivity contribution in [3.8, 4) is 0 Å². The van der Waals surface area contributed by atoms with Crippen molar-refractivity contribution < 1.29 is 0 Å². The number of nitrogens with one attached hydrogen (secondary N) is 3. The molecule has 0 aromatic heterocycles. The second kappa shape index (κ2) is 18.4. The molecule has 0 spiro atoms. The standard InChI is InChI=1S/C70H94N6S3/c1-61-29-46-30-64(34-61,42-67(31-46,35-61)60(79)76-27-23-54(72)24-28-76)50-13-15-52(16-14-50)69-37-62(2)36-68(43-69,44-70(38-62,45-69)59(78)74-55-19-17-53(71)18-20-55)51-11-9-47(10-12-51)57-48-32-65(49-7-5-4-6-8-49)39-63(57,3)40-66(33-48,41-65)58(77)75-56-21-25-73-26-22-56/h4-16,46,48,53-57,73H,17-45,71-72H2,1-3H3,(H,74,78)(H,75,77)/t46-,48?,53?,55?,57?,61-,62+,63-,64-,65-,66?,67?,68+,69?,70?/m1/s1. The number of likely N-dealkylation sites (tertiary alicyclic amines) is 1. The molecule has 9 heteroatoms. The lowest BCUT2D eigenvalue weighted by Crippen LogP contribution is -2.67. The van der Waals surface area contributed by atoms with Crippen LogP contribution in [0.4, 0.5) is 0 Å². The highest BCUT2D eigenvalue weighted by molar-refractivity contribution is 7.80. The van der Waals surface area contributed by atoms with E-state index in [4.69, 9.17) is 48.1 Å². The van der Waals surface area contributed by atoms with Crippen molar-refractivity contribution in [2.24, 2.45) is 55.8 Å². The van der Waals surface area contributed by atoms with E-state index < -0.39 is 0 Å². The van der Waals surface area contributed by atoms with Crippen molar-refractivity contribution in [3.63, 3.8) is 0 Å². The van der Waals surface area contributed by atoms with Gasteiger partial charge < -0.3 is 32.3 Å². The molecule has 12 bridgehead atoms. The van der Waals surface area contributed by atoms with Gasteiger partial charge in [-0.2, -0.15) is 0 Å². The first-order valence-corrected chi connectivity index (χ1v) is 33.4. The van der Waals surface area contributed by atoms with Gasteiger partial charge in [-0.25, -0.2) is 0 Å². The fraction of sp³-hybridized carbons (Fsp3) is 0.700. The monoisotopic (exact) mass is 1110 g/mol. The number of piperidine rings is 2. The minimum absolute atomic E-state index is 0.0414. The zero-order chi connectivity index (χ0) is 54.1. The van der Waals surface area contributed by atoms with Gasteiger partial charge in [-0.15, -0.1) is 0 Å². The third-order valence-electron chi connectivity index (χ3n) is 25.8. The van der Waals surface area contributed by atoms with Crippen molar-refractivity contribution in [2.45, 2.75) is 233 Å². The van der Waals surface area contributed by atoms with Gasteiger partial charge in [-0.3, -0.25) is 0 Å². The Balaban J connectivity index is 0.759. The molecular formula is C70H94N6S3. The fourth-order valence-corrected chi connectivity index (χ4v) is 26.0. The van der Waals surface area contributed by atoms with Gasteiger partial charge in [0.1, 0.15) is 0 Å². The number of benzene rings is 3. The third-order valence-corrected chi connectivity index (χ3v) is 27.6. The number of hydrogen-bond acceptors (Lipinski definition) is 6. The summed E-state index contributed by atoms with van der Waals surface area (Å²) in [6.07, 6.45) is 30.1. The van der Waals surface area contributed by atoms with E-state index in [0.717, 1.165) is 96.3 Å². The van der Waals surface area contributed by atoms with Crippen LogP contribution in [-0.4, -0.2) is 70.2 Å². The van der Waals surface area contributed by atoms with Gasteiger partial charge in [0.2, 0.25) is 0 Å². The van der Waals surface area contributed by atoms with Crippen molar-refractivity contribution >= 4 is 51.6 Å². The molecule has 15 aliphatic rings. The summed E-state index contributed by atoms with van der Waals surface area (Å²) in [6, 6.07) is 34.6. The Morgan fingerprint density at radius 3 is 1.66 bits per heavy atom. The van der Waals surface area contributed by atoms with E-state index >= 15 is 0 Å². The van der Waals surface area contributed by atoms with Crippen molar-refractivity contribution in [2.75, 3.05) is 26.2 Å². The van der Waals surface area contributed by atoms with E-state index in [9.17, 15) is 0 Å². The van der Waals surface area contributed by atoms with Crippen LogP contribution in [0.3, 0.4) is 0 Å². The summed E-state index contributed by atoms with van der Waals surface area (Å²) >= 11 is 20.2. The van der Waals surface area contributed by atoms with E-state index in [2.05, 4.69) is 120 Å². The normalized spacial score (nSPS) is 45.7. The predicted octanol–water partition coefficient (Wildman–Crippen LogP) is 13.7. The number of hydrogen-bond donors (Lipinski definition) is 5. The van der Waals surface area contributed by atoms with E-state index in [1.54, 1.807) is 27.8 Å². The highest BCUT2D eigenvalue weighted by Crippen LogP contribution is 2.77. The molecule has 79 heavy (non-hydrogen) atoms. The van der Waals surface area contributed by atoms with E-state index in [-0.39, 0.29) is 48.7 Å². The van der Waals surface area contributed by atoms with Gasteiger partial charge in [-0.1, -0.05) is 136 Å². The first-order valence-electron chi connectivity index (χ1n) is 32.2. The molecule has 2 heterocycles. The summed E-state index contributed by atoms with van der Waals surface area (Å²) in [5.41, 5.74) is 22.2. The minimum atomic E-state index is -0.0414. The molecule has 7 N–H and O–H groups in total. The molecule has 15 fully saturated rings. The van der Waals surface area contributed by atoms with Gasteiger partial charge in [-0.05, 0) is 257 Å². The summed E-state index contributed by atoms with van der Waals surface area (Å²) in [5, 5.41) is 11.8. The maximum atomic E-state index is 6.88. The molecule has 13 saturated carbocycles. The summed E-state index contributed by atoms with van der Waals surface area (Å²) in [4.78, 5) is 6.26. The third kappa shape index (κ3) is 8.47. The average molecular weight is 1120 g/mol. The second-order valence-corrected chi connectivity index (χ2v) is 33.5. The van der Waals surface area contributed by atoms with Crippen LogP contribution in [0.15, 0.2) is 78.9 Å². The number of nitrogens with two attached hydrogens (primary N) is 2. The van der Waals surface area contributed by atoms with Gasteiger partial charge in [0.25, 0.3) is 0 Å². The lowest BCUT2D eigenvalue weighted by molar-refractivity contribution is -0.107. The molecule has 13 atom stereocenters. The highest BCUT2D eigenvalue weighted by atomic mass is 32.1. The molecule has 6 nitrogen and oxygen atoms in total. The van der Waals surface area contributed by atoms with Gasteiger partial charge >= 0.3 is 0 Å². The second-order valence-electron chi connectivity index (χ2n) is 32.3. The summed E-state index contributed by atoms with van der Waals surface area (Å²) in [6.45, 7) is 12.2. The van der Waals surface area contributed by atoms with Crippen LogP contribution in [-0.2, 0) is 21.7 Å². The molecule has 6 unspecified atom stereocenters. The largest absolute Gasteiger partial charge is 0.376 e. The molecule has 13 aliphatic carbocycles. The first-order chi connectivity index (χ1) is 37.8. The van der Waals surface area contributed by atoms with E-state index in [0.29, 0.717) is 41.4 Å². The molecule has 0 radical (unpaired) electrons. The van der Waals surface area contributed by atoms with Gasteiger partial charge in [0.15, 0.2) is 0 Å². The SMILES string of the molecule is C[C@]12C[C@H]3CC(C(=S)N4CCC(N)CC4)(C1)C[C@@](c1ccc(C45CC6(C(=S)NC7CCC(N)CC7)C[C@](C)(C4)C[C@@](c4ccc(C7C8CC9(C(=S)NC%10CCNCC%10)C[C@@](c%10ccccc%10)(C8)C[C@]7(C)C9)cc4)(C6)C5)cc1)(C3)C2. The quantitative estimate of drug-likeness (QED) is 0.127. The van der Waals surface area contributed by atoms with Crippen LogP contribution in [0.5, 0.6) is 0 Å². The molecule has 0 amide bonds. The molecular weight excluding hydrogens is 1020 g/mol. The summed E-state index contributed by atoms with van der Waals surface area (Å²) in [5.74, 6) is 1.89. The van der Waals surface area contributed by atoms with E-state index in [1.807, 2.05) is 0 Å². The van der Waals surface area contributed by atoms with E-state index in [1.165, 1.54) is 111 Å². The average Bonchev–Trinajstić information content (AvgIpc) is 1.54. The van der Waals surface area contributed by atoms with Gasteiger partial charge in [0, 0.05) is 53.5 Å². The van der Waals surface area contributed by atoms with Crippen molar-refractivity contribution in [1.29, 1.82) is 0 Å². The van der Waals surface area contributed by atoms with Crippen LogP contribution in [0.1, 0.15) is 215 Å². The fourth-order valence-electron chi connectivity index (χ4n) is 24.9. The zero-order valence-electron chi connectivity index (χ0n) is 48.4. The van der Waals surface area contributed by atoms with Crippen LogP contribution < -0.4 is 27.4 Å². The number of rotatable bonds is 10. The zero-order valence-corrected chi connectivity index (χ0v) is 50.8. The smallest absolute Gasteiger partial charge is 0.0842 e. The Morgan fingerprint density at radius 2 is 1.01 bits per heavy atom. The first kappa shape index (κ1) is 53.0. The Labute approximate surface area is 491 Å². The number of nitrogens with zero attached hydrogens (tertiary/aromatic N) is 1. The Bertz CT molecular complexity index is 2910. The van der Waals surface area contributed by atoms with Crippen molar-refractivity contribution in [3.05, 3.63) is 107 Å². The lowest BCUT2D eigenvalue weighted by atomic mass is 9.33. The molecule has 422 valence electrons. The van der Waals surface area contributed by atoms with Crippen LogP contribution in [0, 0.1) is 44.3 Å². The van der Waals surface area contributed by atoms with Crippen LogP contribution >= 0.6 is 36.7 Å². The highest BCUT2D eigenvalue weighted by Gasteiger charge is 2.71. The maximum Gasteiger partial charge on any atom is 0.0842 e. The maximum absolute atomic E-state index is 6.88. The predicted molar refractivity (Wildman–Crippen MR) is 335 cm³/mol. The molecule has 2 saturated heterocycles. The van der Waals surface area contributed by atoms with Crippen LogP contribution in [0.2, 0.25) is 0 Å².